The summed E-state index contributed by atoms with van der Waals surface area (Å²) in [5, 5.41) is 5.12. The second kappa shape index (κ2) is 7.63. The molecular formula is C18H16ClFN2O3. The molecule has 25 heavy (non-hydrogen) atoms. The van der Waals surface area contributed by atoms with Gasteiger partial charge in [-0.1, -0.05) is 23.7 Å². The normalized spacial score (nSPS) is 16.5. The Hall–Kier alpha value is -2.44. The first-order valence-electron chi connectivity index (χ1n) is 7.82. The second-order valence-electron chi connectivity index (χ2n) is 5.63. The molecule has 0 aliphatic carbocycles. The zero-order chi connectivity index (χ0) is 17.8. The number of rotatable bonds is 4. The Balaban J connectivity index is 1.71. The van der Waals surface area contributed by atoms with Gasteiger partial charge in [-0.25, -0.2) is 4.39 Å². The van der Waals surface area contributed by atoms with Crippen LogP contribution in [0.15, 0.2) is 42.5 Å². The zero-order valence-corrected chi connectivity index (χ0v) is 14.0. The topological polar surface area (TPSA) is 67.4 Å². The number of carbonyl (C=O) groups is 2. The van der Waals surface area contributed by atoms with E-state index >= 15 is 0 Å². The number of hydrogen-bond donors (Lipinski definition) is 2. The van der Waals surface area contributed by atoms with Crippen LogP contribution < -0.4 is 10.6 Å². The molecule has 2 N–H and O–H groups in total. The zero-order valence-electron chi connectivity index (χ0n) is 13.2. The van der Waals surface area contributed by atoms with Gasteiger partial charge in [-0.05, 0) is 43.2 Å². The number of amides is 2. The van der Waals surface area contributed by atoms with Crippen molar-refractivity contribution in [1.29, 1.82) is 0 Å². The van der Waals surface area contributed by atoms with E-state index in [1.54, 1.807) is 24.3 Å². The summed E-state index contributed by atoms with van der Waals surface area (Å²) < 4.78 is 19.2. The summed E-state index contributed by atoms with van der Waals surface area (Å²) in [7, 11) is 0. The molecule has 0 radical (unpaired) electrons. The van der Waals surface area contributed by atoms with Gasteiger partial charge in [0.1, 0.15) is 6.10 Å². The standard InChI is InChI=1S/C18H16ClFN2O3/c19-13-6-2-7-14(16(13)20)22-17(23)11-4-1-5-12(10-11)21-18(24)15-8-3-9-25-15/h1-2,4-7,10,15H,3,8-9H2,(H,21,24)(H,22,23)/t15-/m0/s1. The predicted octanol–water partition coefficient (Wildman–Crippen LogP) is 3.85. The van der Waals surface area contributed by atoms with Crippen molar-refractivity contribution >= 4 is 34.8 Å². The molecule has 0 unspecified atom stereocenters. The summed E-state index contributed by atoms with van der Waals surface area (Å²) >= 11 is 5.70. The number of ether oxygens (including phenoxy) is 1. The Morgan fingerprint density at radius 3 is 2.72 bits per heavy atom. The molecule has 3 rings (SSSR count). The monoisotopic (exact) mass is 362 g/mol. The Morgan fingerprint density at radius 2 is 1.96 bits per heavy atom. The van der Waals surface area contributed by atoms with E-state index in [2.05, 4.69) is 10.6 Å². The highest BCUT2D eigenvalue weighted by atomic mass is 35.5. The number of carbonyl (C=O) groups excluding carboxylic acids is 2. The molecule has 0 aromatic heterocycles. The number of benzene rings is 2. The van der Waals surface area contributed by atoms with Crippen LogP contribution in [0.3, 0.4) is 0 Å². The van der Waals surface area contributed by atoms with E-state index in [-0.39, 0.29) is 22.2 Å². The maximum absolute atomic E-state index is 13.9. The van der Waals surface area contributed by atoms with Gasteiger partial charge in [0.25, 0.3) is 11.8 Å². The third-order valence-corrected chi connectivity index (χ3v) is 4.11. The van der Waals surface area contributed by atoms with Crippen LogP contribution in [0.4, 0.5) is 15.8 Å². The molecule has 1 saturated heterocycles. The lowest BCUT2D eigenvalue weighted by Crippen LogP contribution is -2.27. The molecule has 130 valence electrons. The van der Waals surface area contributed by atoms with Crippen LogP contribution in [-0.2, 0) is 9.53 Å². The first kappa shape index (κ1) is 17.4. The predicted molar refractivity (Wildman–Crippen MR) is 93.4 cm³/mol. The molecule has 7 heteroatoms. The van der Waals surface area contributed by atoms with Crippen LogP contribution in [0.25, 0.3) is 0 Å². The van der Waals surface area contributed by atoms with Gasteiger partial charge in [0.2, 0.25) is 0 Å². The molecule has 0 spiro atoms. The minimum Gasteiger partial charge on any atom is -0.368 e. The lowest BCUT2D eigenvalue weighted by molar-refractivity contribution is -0.124. The molecule has 1 atom stereocenters. The van der Waals surface area contributed by atoms with Crippen LogP contribution in [-0.4, -0.2) is 24.5 Å². The average molecular weight is 363 g/mol. The Labute approximate surface area is 149 Å². The van der Waals surface area contributed by atoms with Crippen LogP contribution in [0, 0.1) is 5.82 Å². The third kappa shape index (κ3) is 4.15. The van der Waals surface area contributed by atoms with E-state index in [0.717, 1.165) is 6.42 Å². The van der Waals surface area contributed by atoms with Crippen molar-refractivity contribution in [1.82, 2.24) is 0 Å². The smallest absolute Gasteiger partial charge is 0.255 e. The van der Waals surface area contributed by atoms with Crippen molar-refractivity contribution in [3.8, 4) is 0 Å². The lowest BCUT2D eigenvalue weighted by Gasteiger charge is -2.12. The Morgan fingerprint density at radius 1 is 1.16 bits per heavy atom. The van der Waals surface area contributed by atoms with Crippen LogP contribution in [0.5, 0.6) is 0 Å². The molecule has 0 bridgehead atoms. The van der Waals surface area contributed by atoms with Crippen LogP contribution >= 0.6 is 11.6 Å². The number of nitrogens with one attached hydrogen (secondary N) is 2. The highest BCUT2D eigenvalue weighted by Crippen LogP contribution is 2.23. The molecule has 0 saturated carbocycles. The van der Waals surface area contributed by atoms with Crippen molar-refractivity contribution in [3.05, 3.63) is 58.9 Å². The quantitative estimate of drug-likeness (QED) is 0.868. The summed E-state index contributed by atoms with van der Waals surface area (Å²) in [6.45, 7) is 0.575. The van der Waals surface area contributed by atoms with Gasteiger partial charge in [0, 0.05) is 17.9 Å². The molecular weight excluding hydrogens is 347 g/mol. The second-order valence-corrected chi connectivity index (χ2v) is 6.03. The molecule has 2 aromatic carbocycles. The molecule has 1 heterocycles. The highest BCUT2D eigenvalue weighted by Gasteiger charge is 2.23. The fraction of sp³-hybridized carbons (Fsp3) is 0.222. The summed E-state index contributed by atoms with van der Waals surface area (Å²) in [6.07, 6.45) is 1.07. The van der Waals surface area contributed by atoms with Crippen LogP contribution in [0.1, 0.15) is 23.2 Å². The summed E-state index contributed by atoms with van der Waals surface area (Å²) in [5.41, 5.74) is 0.746. The van der Waals surface area contributed by atoms with Gasteiger partial charge in [-0.2, -0.15) is 0 Å². The van der Waals surface area contributed by atoms with Crippen molar-refractivity contribution in [2.45, 2.75) is 18.9 Å². The van der Waals surface area contributed by atoms with Crippen molar-refractivity contribution in [3.63, 3.8) is 0 Å². The largest absolute Gasteiger partial charge is 0.368 e. The fourth-order valence-corrected chi connectivity index (χ4v) is 2.71. The minimum absolute atomic E-state index is 0.00806. The number of anilines is 2. The van der Waals surface area contributed by atoms with Crippen molar-refractivity contribution < 1.29 is 18.7 Å². The maximum atomic E-state index is 13.9. The molecule has 1 fully saturated rings. The first-order valence-corrected chi connectivity index (χ1v) is 8.20. The number of hydrogen-bond acceptors (Lipinski definition) is 3. The van der Waals surface area contributed by atoms with Gasteiger partial charge in [0.15, 0.2) is 5.82 Å². The summed E-state index contributed by atoms with van der Waals surface area (Å²) in [5.74, 6) is -1.44. The molecule has 2 aromatic rings. The minimum atomic E-state index is -0.694. The van der Waals surface area contributed by atoms with Gasteiger partial charge in [0.05, 0.1) is 10.7 Å². The Bertz CT molecular complexity index is 807. The first-order chi connectivity index (χ1) is 12.0. The summed E-state index contributed by atoms with van der Waals surface area (Å²) in [6, 6.07) is 10.7. The SMILES string of the molecule is O=C(Nc1cccc(Cl)c1F)c1cccc(NC(=O)[C@@H]2CCCO2)c1. The van der Waals surface area contributed by atoms with Gasteiger partial charge in [-0.15, -0.1) is 0 Å². The van der Waals surface area contributed by atoms with E-state index in [4.69, 9.17) is 16.3 Å². The molecule has 5 nitrogen and oxygen atoms in total. The van der Waals surface area contributed by atoms with Gasteiger partial charge in [-0.3, -0.25) is 9.59 Å². The van der Waals surface area contributed by atoms with E-state index in [9.17, 15) is 14.0 Å². The molecule has 1 aliphatic rings. The lowest BCUT2D eigenvalue weighted by atomic mass is 10.1. The maximum Gasteiger partial charge on any atom is 0.255 e. The Kier molecular flexibility index (Phi) is 5.31. The van der Waals surface area contributed by atoms with E-state index in [1.165, 1.54) is 18.2 Å². The van der Waals surface area contributed by atoms with E-state index in [0.29, 0.717) is 18.7 Å². The molecule has 1 aliphatic heterocycles. The van der Waals surface area contributed by atoms with Crippen LogP contribution in [0.2, 0.25) is 5.02 Å². The fourth-order valence-electron chi connectivity index (χ4n) is 2.54. The van der Waals surface area contributed by atoms with E-state index in [1.807, 2.05) is 0 Å². The molecule has 2 amide bonds. The third-order valence-electron chi connectivity index (χ3n) is 3.81. The van der Waals surface area contributed by atoms with Crippen molar-refractivity contribution in [2.75, 3.05) is 17.2 Å². The van der Waals surface area contributed by atoms with Gasteiger partial charge >= 0.3 is 0 Å². The average Bonchev–Trinajstić information content (AvgIpc) is 3.14. The van der Waals surface area contributed by atoms with Crippen molar-refractivity contribution in [2.24, 2.45) is 0 Å². The number of halogens is 2. The van der Waals surface area contributed by atoms with E-state index < -0.39 is 17.8 Å². The van der Waals surface area contributed by atoms with Gasteiger partial charge < -0.3 is 15.4 Å². The highest BCUT2D eigenvalue weighted by molar-refractivity contribution is 6.31. The summed E-state index contributed by atoms with van der Waals surface area (Å²) in [4.78, 5) is 24.4.